The Morgan fingerprint density at radius 1 is 1.39 bits per heavy atom. The lowest BCUT2D eigenvalue weighted by molar-refractivity contribution is -0.140. The van der Waals surface area contributed by atoms with Gasteiger partial charge in [-0.25, -0.2) is 0 Å². The molecule has 1 atom stereocenters. The SMILES string of the molecule is O=C(C1CC=CC1)N1CC2(CC(OCc3cccnc3)CS2)C1. The molecule has 0 aromatic carbocycles. The van der Waals surface area contributed by atoms with Crippen molar-refractivity contribution in [3.05, 3.63) is 42.2 Å². The zero-order valence-corrected chi connectivity index (χ0v) is 14.0. The van der Waals surface area contributed by atoms with Gasteiger partial charge in [-0.2, -0.15) is 0 Å². The number of aromatic nitrogens is 1. The average molecular weight is 330 g/mol. The van der Waals surface area contributed by atoms with Gasteiger partial charge in [0.2, 0.25) is 5.91 Å². The van der Waals surface area contributed by atoms with Crippen LogP contribution in [0.15, 0.2) is 36.7 Å². The van der Waals surface area contributed by atoms with Gasteiger partial charge in [0.25, 0.3) is 0 Å². The van der Waals surface area contributed by atoms with E-state index in [1.165, 1.54) is 0 Å². The summed E-state index contributed by atoms with van der Waals surface area (Å²) < 4.78 is 6.29. The highest BCUT2D eigenvalue weighted by molar-refractivity contribution is 8.01. The van der Waals surface area contributed by atoms with E-state index < -0.39 is 0 Å². The molecule has 4 nitrogen and oxygen atoms in total. The molecule has 0 bridgehead atoms. The highest BCUT2D eigenvalue weighted by Crippen LogP contribution is 2.46. The lowest BCUT2D eigenvalue weighted by Gasteiger charge is -2.48. The highest BCUT2D eigenvalue weighted by Gasteiger charge is 2.51. The molecule has 1 unspecified atom stereocenters. The Bertz CT molecular complexity index is 590. The monoisotopic (exact) mass is 330 g/mol. The molecule has 1 spiro atoms. The molecule has 0 N–H and O–H groups in total. The van der Waals surface area contributed by atoms with Crippen molar-refractivity contribution in [3.8, 4) is 0 Å². The number of rotatable bonds is 4. The first-order valence-electron chi connectivity index (χ1n) is 8.32. The molecule has 1 aromatic rings. The van der Waals surface area contributed by atoms with Gasteiger partial charge in [-0.15, -0.1) is 11.8 Å². The van der Waals surface area contributed by atoms with Crippen LogP contribution >= 0.6 is 11.8 Å². The number of allylic oxidation sites excluding steroid dienone is 2. The third-order valence-corrected chi connectivity index (χ3v) is 6.59. The molecule has 0 saturated carbocycles. The third-order valence-electron chi connectivity index (χ3n) is 5.01. The van der Waals surface area contributed by atoms with Crippen molar-refractivity contribution in [1.29, 1.82) is 0 Å². The quantitative estimate of drug-likeness (QED) is 0.796. The number of pyridine rings is 1. The minimum absolute atomic E-state index is 0.205. The molecule has 2 saturated heterocycles. The van der Waals surface area contributed by atoms with Gasteiger partial charge in [-0.3, -0.25) is 9.78 Å². The lowest BCUT2D eigenvalue weighted by Crippen LogP contribution is -2.61. The number of carbonyl (C=O) groups excluding carboxylic acids is 1. The van der Waals surface area contributed by atoms with E-state index in [2.05, 4.69) is 17.1 Å². The minimum atomic E-state index is 0.205. The maximum absolute atomic E-state index is 12.4. The molecule has 122 valence electrons. The maximum Gasteiger partial charge on any atom is 0.226 e. The van der Waals surface area contributed by atoms with Crippen LogP contribution in [-0.2, 0) is 16.1 Å². The van der Waals surface area contributed by atoms with Crippen molar-refractivity contribution in [1.82, 2.24) is 9.88 Å². The van der Waals surface area contributed by atoms with E-state index in [1.807, 2.05) is 35.0 Å². The Morgan fingerprint density at radius 3 is 2.96 bits per heavy atom. The van der Waals surface area contributed by atoms with Crippen LogP contribution in [0.2, 0.25) is 0 Å². The number of ether oxygens (including phenoxy) is 1. The van der Waals surface area contributed by atoms with Crippen LogP contribution in [0.3, 0.4) is 0 Å². The summed E-state index contributed by atoms with van der Waals surface area (Å²) >= 11 is 1.99. The smallest absolute Gasteiger partial charge is 0.226 e. The van der Waals surface area contributed by atoms with E-state index in [4.69, 9.17) is 4.74 Å². The summed E-state index contributed by atoms with van der Waals surface area (Å²) in [7, 11) is 0. The second-order valence-corrected chi connectivity index (χ2v) is 8.31. The van der Waals surface area contributed by atoms with Gasteiger partial charge in [0.1, 0.15) is 0 Å². The van der Waals surface area contributed by atoms with Crippen LogP contribution in [0, 0.1) is 5.92 Å². The number of amides is 1. The largest absolute Gasteiger partial charge is 0.373 e. The van der Waals surface area contributed by atoms with Crippen LogP contribution in [0.1, 0.15) is 24.8 Å². The van der Waals surface area contributed by atoms with Gasteiger partial charge in [0.05, 0.1) is 17.5 Å². The summed E-state index contributed by atoms with van der Waals surface area (Å²) in [5, 5.41) is 0. The van der Waals surface area contributed by atoms with Crippen LogP contribution in [-0.4, -0.2) is 45.5 Å². The molecule has 1 aliphatic carbocycles. The van der Waals surface area contributed by atoms with E-state index in [9.17, 15) is 4.79 Å². The van der Waals surface area contributed by atoms with Gasteiger partial charge < -0.3 is 9.64 Å². The fraction of sp³-hybridized carbons (Fsp3) is 0.556. The van der Waals surface area contributed by atoms with E-state index in [1.54, 1.807) is 6.20 Å². The molecular weight excluding hydrogens is 308 g/mol. The van der Waals surface area contributed by atoms with Crippen LogP contribution in [0.4, 0.5) is 0 Å². The zero-order chi connectivity index (χ0) is 15.7. The number of hydrogen-bond donors (Lipinski definition) is 0. The van der Waals surface area contributed by atoms with Crippen LogP contribution < -0.4 is 0 Å². The number of likely N-dealkylation sites (tertiary alicyclic amines) is 1. The molecule has 2 aliphatic heterocycles. The van der Waals surface area contributed by atoms with Crippen molar-refractivity contribution < 1.29 is 9.53 Å². The molecule has 3 heterocycles. The third kappa shape index (κ3) is 3.17. The Kier molecular flexibility index (Phi) is 4.16. The predicted molar refractivity (Wildman–Crippen MR) is 91.1 cm³/mol. The molecular formula is C18H22N2O2S. The van der Waals surface area contributed by atoms with Gasteiger partial charge in [0, 0.05) is 37.2 Å². The Morgan fingerprint density at radius 2 is 2.22 bits per heavy atom. The molecule has 4 rings (SSSR count). The first kappa shape index (κ1) is 15.2. The summed E-state index contributed by atoms with van der Waals surface area (Å²) in [4.78, 5) is 18.6. The molecule has 3 aliphatic rings. The van der Waals surface area contributed by atoms with Crippen molar-refractivity contribution in [3.63, 3.8) is 0 Å². The fourth-order valence-corrected chi connectivity index (χ4v) is 5.26. The second kappa shape index (κ2) is 6.29. The van der Waals surface area contributed by atoms with Crippen molar-refractivity contribution in [2.24, 2.45) is 5.92 Å². The summed E-state index contributed by atoms with van der Waals surface area (Å²) in [6.45, 7) is 2.44. The molecule has 1 amide bonds. The molecule has 1 aromatic heterocycles. The lowest BCUT2D eigenvalue weighted by atomic mass is 9.91. The van der Waals surface area contributed by atoms with Crippen LogP contribution in [0.25, 0.3) is 0 Å². The average Bonchev–Trinajstić information content (AvgIpc) is 3.22. The topological polar surface area (TPSA) is 42.4 Å². The number of nitrogens with zero attached hydrogens (tertiary/aromatic N) is 2. The van der Waals surface area contributed by atoms with Crippen molar-refractivity contribution in [2.45, 2.75) is 36.7 Å². The highest BCUT2D eigenvalue weighted by atomic mass is 32.2. The minimum Gasteiger partial charge on any atom is -0.373 e. The maximum atomic E-state index is 12.4. The first-order valence-corrected chi connectivity index (χ1v) is 9.31. The number of hydrogen-bond acceptors (Lipinski definition) is 4. The van der Waals surface area contributed by atoms with Gasteiger partial charge in [-0.1, -0.05) is 18.2 Å². The van der Waals surface area contributed by atoms with Crippen molar-refractivity contribution >= 4 is 17.7 Å². The normalized spacial score (nSPS) is 25.9. The summed E-state index contributed by atoms with van der Waals surface area (Å²) in [6.07, 6.45) is 11.1. The Labute approximate surface area is 141 Å². The second-order valence-electron chi connectivity index (χ2n) is 6.83. The Balaban J connectivity index is 1.24. The number of carbonyl (C=O) groups is 1. The van der Waals surface area contributed by atoms with E-state index in [-0.39, 0.29) is 10.7 Å². The Hall–Kier alpha value is -1.33. The number of thioether (sulfide) groups is 1. The molecule has 2 fully saturated rings. The fourth-order valence-electron chi connectivity index (χ4n) is 3.71. The van der Waals surface area contributed by atoms with Gasteiger partial charge in [0.15, 0.2) is 0 Å². The summed E-state index contributed by atoms with van der Waals surface area (Å²) in [5.74, 6) is 1.59. The van der Waals surface area contributed by atoms with Gasteiger partial charge in [-0.05, 0) is 30.9 Å². The zero-order valence-electron chi connectivity index (χ0n) is 13.2. The van der Waals surface area contributed by atoms with Crippen LogP contribution in [0.5, 0.6) is 0 Å². The van der Waals surface area contributed by atoms with E-state index in [0.717, 1.165) is 43.7 Å². The standard InChI is InChI=1S/C18H22N2O2S/c21-17(15-5-1-2-6-15)20-12-18(13-20)8-16(11-23-18)22-10-14-4-3-7-19-9-14/h1-4,7,9,15-16H,5-6,8,10-13H2. The molecule has 5 heteroatoms. The summed E-state index contributed by atoms with van der Waals surface area (Å²) in [6, 6.07) is 3.99. The molecule has 23 heavy (non-hydrogen) atoms. The first-order chi connectivity index (χ1) is 11.2. The van der Waals surface area contributed by atoms with E-state index >= 15 is 0 Å². The molecule has 0 radical (unpaired) electrons. The summed E-state index contributed by atoms with van der Waals surface area (Å²) in [5.41, 5.74) is 1.12. The van der Waals surface area contributed by atoms with E-state index in [0.29, 0.717) is 18.6 Å². The van der Waals surface area contributed by atoms with Gasteiger partial charge >= 0.3 is 0 Å². The predicted octanol–water partition coefficient (Wildman–Crippen LogP) is 2.65. The van der Waals surface area contributed by atoms with Crippen molar-refractivity contribution in [2.75, 3.05) is 18.8 Å².